The van der Waals surface area contributed by atoms with Crippen LogP contribution in [0, 0.1) is 0 Å². The van der Waals surface area contributed by atoms with Crippen LogP contribution in [-0.2, 0) is 6.18 Å². The van der Waals surface area contributed by atoms with Crippen molar-refractivity contribution in [2.24, 2.45) is 0 Å². The smallest absolute Gasteiger partial charge is 0.402 e. The first kappa shape index (κ1) is 20.4. The second-order valence-corrected chi connectivity index (χ2v) is 7.46. The van der Waals surface area contributed by atoms with Crippen molar-refractivity contribution in [2.45, 2.75) is 44.2 Å². The summed E-state index contributed by atoms with van der Waals surface area (Å²) in [6.07, 6.45) is -0.440. The topological polar surface area (TPSA) is 110 Å². The van der Waals surface area contributed by atoms with Gasteiger partial charge in [0, 0.05) is 24.2 Å². The van der Waals surface area contributed by atoms with E-state index in [0.29, 0.717) is 18.5 Å². The molecule has 2 aromatic heterocycles. The second-order valence-electron chi connectivity index (χ2n) is 7.46. The maximum Gasteiger partial charge on any atom is 0.418 e. The number of hydrogen-bond donors (Lipinski definition) is 3. The highest BCUT2D eigenvalue weighted by atomic mass is 19.4. The van der Waals surface area contributed by atoms with Gasteiger partial charge in [-0.15, -0.1) is 5.10 Å². The maximum atomic E-state index is 13.7. The summed E-state index contributed by atoms with van der Waals surface area (Å²) in [5, 5.41) is 19.7. The molecule has 1 fully saturated rings. The van der Waals surface area contributed by atoms with Gasteiger partial charge in [-0.2, -0.15) is 13.2 Å². The standard InChI is InChI=1S/C20H22F3N5O2/c21-20(22,23)14-9-12(11-4-5-11)8-13-15(24)10-16(26-17(13)14)18-27-28-19(30-18)25-6-2-1-3-7-29/h8-11,29H,1-7H2,(H2,24,26)(H,25,28). The number of rotatable bonds is 8. The number of hydrogen-bond acceptors (Lipinski definition) is 7. The minimum absolute atomic E-state index is 0.0131. The normalized spacial score (nSPS) is 14.4. The Kier molecular flexibility index (Phi) is 5.50. The lowest BCUT2D eigenvalue weighted by Gasteiger charge is -2.14. The fourth-order valence-corrected chi connectivity index (χ4v) is 3.36. The molecule has 0 saturated heterocycles. The average Bonchev–Trinajstić information content (AvgIpc) is 3.44. The number of aliphatic hydroxyl groups excluding tert-OH is 1. The van der Waals surface area contributed by atoms with Gasteiger partial charge in [-0.25, -0.2) is 4.98 Å². The van der Waals surface area contributed by atoms with Crippen molar-refractivity contribution in [1.82, 2.24) is 15.2 Å². The zero-order valence-electron chi connectivity index (χ0n) is 16.2. The molecule has 0 atom stereocenters. The van der Waals surface area contributed by atoms with Crippen molar-refractivity contribution in [3.05, 3.63) is 29.3 Å². The Morgan fingerprint density at radius 1 is 1.13 bits per heavy atom. The molecule has 3 aromatic rings. The van der Waals surface area contributed by atoms with E-state index in [9.17, 15) is 13.2 Å². The van der Waals surface area contributed by atoms with Crippen molar-refractivity contribution >= 4 is 22.6 Å². The number of nitrogens with zero attached hydrogens (tertiary/aromatic N) is 3. The molecule has 0 amide bonds. The number of unbranched alkanes of at least 4 members (excludes halogenated alkanes) is 2. The molecular formula is C20H22F3N5O2. The number of nitrogens with two attached hydrogens (primary N) is 1. The van der Waals surface area contributed by atoms with E-state index in [4.69, 9.17) is 15.3 Å². The molecule has 0 unspecified atom stereocenters. The van der Waals surface area contributed by atoms with E-state index >= 15 is 0 Å². The van der Waals surface area contributed by atoms with Crippen LogP contribution in [0.3, 0.4) is 0 Å². The molecule has 1 aromatic carbocycles. The van der Waals surface area contributed by atoms with Crippen molar-refractivity contribution in [1.29, 1.82) is 0 Å². The molecule has 4 N–H and O–H groups in total. The van der Waals surface area contributed by atoms with E-state index in [2.05, 4.69) is 20.5 Å². The van der Waals surface area contributed by atoms with E-state index in [-0.39, 0.29) is 46.7 Å². The van der Waals surface area contributed by atoms with Crippen LogP contribution in [0.2, 0.25) is 0 Å². The molecule has 1 aliphatic rings. The third-order valence-corrected chi connectivity index (χ3v) is 5.08. The van der Waals surface area contributed by atoms with Gasteiger partial charge >= 0.3 is 12.2 Å². The molecule has 30 heavy (non-hydrogen) atoms. The molecule has 1 saturated carbocycles. The first-order chi connectivity index (χ1) is 14.4. The number of benzene rings is 1. The fraction of sp³-hybridized carbons (Fsp3) is 0.450. The Labute approximate surface area is 170 Å². The van der Waals surface area contributed by atoms with E-state index in [1.165, 1.54) is 12.1 Å². The summed E-state index contributed by atoms with van der Waals surface area (Å²) >= 11 is 0. The van der Waals surface area contributed by atoms with Gasteiger partial charge in [-0.3, -0.25) is 0 Å². The number of nitrogens with one attached hydrogen (secondary N) is 1. The predicted octanol–water partition coefficient (Wildman–Crippen LogP) is 4.34. The summed E-state index contributed by atoms with van der Waals surface area (Å²) in [7, 11) is 0. The van der Waals surface area contributed by atoms with Crippen molar-refractivity contribution in [2.75, 3.05) is 24.2 Å². The summed E-state index contributed by atoms with van der Waals surface area (Å²) in [4.78, 5) is 4.18. The van der Waals surface area contributed by atoms with Gasteiger partial charge in [0.25, 0.3) is 5.89 Å². The van der Waals surface area contributed by atoms with Crippen LogP contribution in [0.15, 0.2) is 22.6 Å². The van der Waals surface area contributed by atoms with Crippen LogP contribution in [0.5, 0.6) is 0 Å². The number of aliphatic hydroxyl groups is 1. The van der Waals surface area contributed by atoms with Crippen molar-refractivity contribution in [3.63, 3.8) is 0 Å². The Bertz CT molecular complexity index is 1050. The first-order valence-electron chi connectivity index (χ1n) is 9.87. The lowest BCUT2D eigenvalue weighted by Crippen LogP contribution is -2.09. The number of alkyl halides is 3. The Balaban J connectivity index is 1.65. The third-order valence-electron chi connectivity index (χ3n) is 5.08. The Morgan fingerprint density at radius 3 is 2.63 bits per heavy atom. The van der Waals surface area contributed by atoms with Crippen LogP contribution in [0.25, 0.3) is 22.5 Å². The number of aromatic nitrogens is 3. The van der Waals surface area contributed by atoms with E-state index in [0.717, 1.165) is 25.7 Å². The van der Waals surface area contributed by atoms with E-state index < -0.39 is 11.7 Å². The zero-order chi connectivity index (χ0) is 21.3. The molecule has 7 nitrogen and oxygen atoms in total. The van der Waals surface area contributed by atoms with Gasteiger partial charge in [0.05, 0.1) is 11.1 Å². The highest BCUT2D eigenvalue weighted by Crippen LogP contribution is 2.45. The highest BCUT2D eigenvalue weighted by Gasteiger charge is 2.36. The van der Waals surface area contributed by atoms with Gasteiger partial charge in [-0.05, 0) is 61.8 Å². The zero-order valence-corrected chi connectivity index (χ0v) is 16.2. The molecule has 0 bridgehead atoms. The second kappa shape index (κ2) is 8.10. The van der Waals surface area contributed by atoms with E-state index in [1.54, 1.807) is 6.07 Å². The maximum absolute atomic E-state index is 13.7. The summed E-state index contributed by atoms with van der Waals surface area (Å²) in [5.41, 5.74) is 5.97. The predicted molar refractivity (Wildman–Crippen MR) is 106 cm³/mol. The Hall–Kier alpha value is -2.88. The molecule has 0 spiro atoms. The molecular weight excluding hydrogens is 399 g/mol. The van der Waals surface area contributed by atoms with Crippen LogP contribution < -0.4 is 11.1 Å². The van der Waals surface area contributed by atoms with Gasteiger partial charge in [-0.1, -0.05) is 5.10 Å². The lowest BCUT2D eigenvalue weighted by molar-refractivity contribution is -0.136. The minimum atomic E-state index is -4.56. The monoisotopic (exact) mass is 421 g/mol. The van der Waals surface area contributed by atoms with Crippen LogP contribution in [-0.4, -0.2) is 33.4 Å². The van der Waals surface area contributed by atoms with Gasteiger partial charge in [0.15, 0.2) is 0 Å². The number of nitrogen functional groups attached to an aromatic ring is 1. The molecule has 1 aliphatic carbocycles. The molecule has 2 heterocycles. The van der Waals surface area contributed by atoms with Gasteiger partial charge in [0.2, 0.25) is 0 Å². The molecule has 0 aliphatic heterocycles. The summed E-state index contributed by atoms with van der Waals surface area (Å²) in [6.45, 7) is 0.707. The molecule has 4 rings (SSSR count). The minimum Gasteiger partial charge on any atom is -0.402 e. The quantitative estimate of drug-likeness (QED) is 0.464. The van der Waals surface area contributed by atoms with Crippen LogP contribution >= 0.6 is 0 Å². The lowest BCUT2D eigenvalue weighted by atomic mass is 10.00. The van der Waals surface area contributed by atoms with Gasteiger partial charge in [0.1, 0.15) is 5.69 Å². The van der Waals surface area contributed by atoms with Crippen molar-refractivity contribution in [3.8, 4) is 11.6 Å². The summed E-state index contributed by atoms with van der Waals surface area (Å²) < 4.78 is 46.7. The van der Waals surface area contributed by atoms with E-state index in [1.807, 2.05) is 0 Å². The van der Waals surface area contributed by atoms with Crippen LogP contribution in [0.4, 0.5) is 24.9 Å². The van der Waals surface area contributed by atoms with Crippen LogP contribution in [0.1, 0.15) is 49.1 Å². The Morgan fingerprint density at radius 2 is 1.93 bits per heavy atom. The SMILES string of the molecule is Nc1cc(-c2nnc(NCCCCCO)o2)nc2c(C(F)(F)F)cc(C3CC3)cc12. The summed E-state index contributed by atoms with van der Waals surface area (Å²) in [5.74, 6) is 0.136. The molecule has 10 heteroatoms. The largest absolute Gasteiger partial charge is 0.418 e. The van der Waals surface area contributed by atoms with Gasteiger partial charge < -0.3 is 20.6 Å². The first-order valence-corrected chi connectivity index (χ1v) is 9.87. The number of fused-ring (bicyclic) bond motifs is 1. The van der Waals surface area contributed by atoms with Crippen molar-refractivity contribution < 1.29 is 22.7 Å². The molecule has 160 valence electrons. The number of pyridine rings is 1. The number of halogens is 3. The highest BCUT2D eigenvalue weighted by molar-refractivity contribution is 5.95. The summed E-state index contributed by atoms with van der Waals surface area (Å²) in [6, 6.07) is 4.47. The third kappa shape index (κ3) is 4.33. The average molecular weight is 421 g/mol. The fourth-order valence-electron chi connectivity index (χ4n) is 3.36. The molecule has 0 radical (unpaired) electrons. The number of anilines is 2.